The Bertz CT molecular complexity index is 2190. The number of methoxy groups -OCH3 is 1. The average molecular weight is 1060 g/mol. The first-order valence-electron chi connectivity index (χ1n) is 25.6. The van der Waals surface area contributed by atoms with Crippen LogP contribution in [0.2, 0.25) is 0 Å². The van der Waals surface area contributed by atoms with Gasteiger partial charge in [0.2, 0.25) is 23.6 Å². The van der Waals surface area contributed by atoms with Crippen LogP contribution in [0.3, 0.4) is 0 Å². The van der Waals surface area contributed by atoms with Crippen molar-refractivity contribution in [1.82, 2.24) is 31.9 Å². The zero-order valence-electron chi connectivity index (χ0n) is 42.4. The maximum Gasteiger partial charge on any atom is 0.338 e. The Morgan fingerprint density at radius 2 is 1.27 bits per heavy atom. The molecule has 0 aliphatic carbocycles. The summed E-state index contributed by atoms with van der Waals surface area (Å²) < 4.78 is 27.0. The highest BCUT2D eigenvalue weighted by Crippen LogP contribution is 2.35. The number of thioether (sulfide) groups is 1. The minimum Gasteiger partial charge on any atom is -0.465 e. The molecule has 4 atom stereocenters. The summed E-state index contributed by atoms with van der Waals surface area (Å²) in [4.78, 5) is 86.6. The molecular formula is C53H74N7O12PS. The molecule has 0 radical (unpaired) electrons. The van der Waals surface area contributed by atoms with Crippen LogP contribution in [-0.4, -0.2) is 150 Å². The zero-order valence-corrected chi connectivity index (χ0v) is 44.1. The molecule has 19 nitrogen and oxygen atoms in total. The van der Waals surface area contributed by atoms with Crippen molar-refractivity contribution in [1.29, 1.82) is 0 Å². The number of hydrogen-bond donors (Lipinski definition) is 7. The normalized spacial score (nSPS) is 16.1. The van der Waals surface area contributed by atoms with Gasteiger partial charge in [-0.3, -0.25) is 24.0 Å². The number of nitrogens with two attached hydrogens (primary N) is 1. The van der Waals surface area contributed by atoms with Crippen LogP contribution in [-0.2, 0) is 42.9 Å². The summed E-state index contributed by atoms with van der Waals surface area (Å²) in [6.45, 7) is 3.16. The van der Waals surface area contributed by atoms with E-state index in [1.54, 1.807) is 18.2 Å². The molecule has 2 aliphatic heterocycles. The van der Waals surface area contributed by atoms with Crippen LogP contribution in [0.15, 0.2) is 78.9 Å². The maximum atomic E-state index is 13.3. The quantitative estimate of drug-likeness (QED) is 0.0190. The number of carbonyl (C=O) groups excluding carboxylic acids is 7. The van der Waals surface area contributed by atoms with Crippen molar-refractivity contribution in [2.24, 2.45) is 5.73 Å². The van der Waals surface area contributed by atoms with E-state index >= 15 is 0 Å². The van der Waals surface area contributed by atoms with Gasteiger partial charge in [-0.1, -0.05) is 73.5 Å². The number of carbonyl (C=O) groups is 7. The first-order chi connectivity index (χ1) is 36.0. The van der Waals surface area contributed by atoms with Gasteiger partial charge in [0.05, 0.1) is 71.0 Å². The number of unbranched alkanes of at least 4 members (excludes halogenated alkanes) is 4. The maximum absolute atomic E-state index is 13.3. The molecule has 7 amide bonds. The summed E-state index contributed by atoms with van der Waals surface area (Å²) in [7, 11) is 0.190. The van der Waals surface area contributed by atoms with Crippen molar-refractivity contribution in [3.05, 3.63) is 90.0 Å². The third-order valence-corrected chi connectivity index (χ3v) is 16.2. The Morgan fingerprint density at radius 1 is 0.676 bits per heavy atom. The monoisotopic (exact) mass is 1060 g/mol. The van der Waals surface area contributed by atoms with Gasteiger partial charge < -0.3 is 61.3 Å². The number of amides is 7. The molecule has 2 fully saturated rings. The molecule has 0 saturated carbocycles. The largest absolute Gasteiger partial charge is 0.465 e. The van der Waals surface area contributed by atoms with Gasteiger partial charge in [0.1, 0.15) is 12.6 Å². The minimum atomic E-state index is -1.16. The second-order valence-electron chi connectivity index (χ2n) is 17.8. The number of fused-ring (bicyclic) bond motifs is 1. The second-order valence-corrected chi connectivity index (χ2v) is 21.2. The third-order valence-electron chi connectivity index (χ3n) is 12.2. The van der Waals surface area contributed by atoms with Crippen LogP contribution >= 0.6 is 19.7 Å². The number of hydrogen-bond acceptors (Lipinski definition) is 13. The van der Waals surface area contributed by atoms with Crippen LogP contribution < -0.4 is 53.5 Å². The first kappa shape index (κ1) is 59.2. The van der Waals surface area contributed by atoms with Crippen molar-refractivity contribution in [2.75, 3.05) is 85.4 Å². The first-order valence-corrected chi connectivity index (χ1v) is 28.0. The fraction of sp³-hybridized carbons (Fsp3) is 0.528. The predicted octanol–water partition coefficient (Wildman–Crippen LogP) is 2.69. The van der Waals surface area contributed by atoms with Gasteiger partial charge in [-0.2, -0.15) is 11.8 Å². The van der Waals surface area contributed by atoms with Gasteiger partial charge in [-0.25, -0.2) is 9.59 Å². The van der Waals surface area contributed by atoms with Gasteiger partial charge in [-0.15, -0.1) is 0 Å². The molecule has 0 spiro atoms. The lowest BCUT2D eigenvalue weighted by atomic mass is 10.0. The Morgan fingerprint density at radius 3 is 1.92 bits per heavy atom. The second kappa shape index (κ2) is 34.0. The van der Waals surface area contributed by atoms with E-state index in [9.17, 15) is 33.6 Å². The Labute approximate surface area is 439 Å². The van der Waals surface area contributed by atoms with Crippen LogP contribution in [0.1, 0.15) is 91.3 Å². The molecule has 2 saturated heterocycles. The predicted molar refractivity (Wildman–Crippen MR) is 286 cm³/mol. The van der Waals surface area contributed by atoms with Crippen LogP contribution in [0.4, 0.5) is 4.79 Å². The van der Waals surface area contributed by atoms with Gasteiger partial charge in [0.25, 0.3) is 5.91 Å². The lowest BCUT2D eigenvalue weighted by Gasteiger charge is -2.22. The number of nitrogens with one attached hydrogen (secondary N) is 6. The topological polar surface area (TPSA) is 264 Å². The summed E-state index contributed by atoms with van der Waals surface area (Å²) in [5, 5.41) is 20.5. The van der Waals surface area contributed by atoms with Crippen molar-refractivity contribution < 1.29 is 57.2 Å². The summed E-state index contributed by atoms with van der Waals surface area (Å²) in [5.41, 5.74) is 6.37. The lowest BCUT2D eigenvalue weighted by Crippen LogP contribution is -2.45. The molecule has 21 heteroatoms. The molecular weight excluding hydrogens is 990 g/mol. The fourth-order valence-electron chi connectivity index (χ4n) is 8.37. The molecule has 0 aromatic heterocycles. The standard InChI is InChI=1S/C53H74N7O12PS/c1-68-52(66)41-24-23-38(35-44(41)73(39-15-5-2-6-16-39)40-17-7-3-8-18-40)51(65)57-26-13-4-9-21-47(62)56-27-28-69-29-30-70-31-32-71-33-34-72-36-48(63)58-42(50(54)64)19-12-14-25-55-46(61)22-11-10-20-45-49-43(37-74-45)59-53(67)60-49/h2-3,5-8,15-18,23-24,35,42-43,45,49H,4,9-14,19-22,25-34,36-37H2,1H3,(H2,54,64)(H,55,61)(H,56,62)(H,57,65)(H,58,63)(H2,59,60,67)/t42-,43?,45+,49?/m0/s1. The SMILES string of the molecule is COC(=O)c1ccc(C(=O)NCCCCCC(=O)NCCOCCOCCOCCOCC(=O)N[C@@H](CCCCNC(=O)CCCC[C@H]2SCC3NC(=O)NC32)C(N)=O)cc1P(c1ccccc1)c1ccccc1. The van der Waals surface area contributed by atoms with E-state index in [0.717, 1.165) is 47.3 Å². The van der Waals surface area contributed by atoms with E-state index in [-0.39, 0.29) is 55.7 Å². The Kier molecular flexibility index (Phi) is 27.3. The summed E-state index contributed by atoms with van der Waals surface area (Å²) in [5.74, 6) is -0.974. The number of urea groups is 1. The number of benzene rings is 3. The van der Waals surface area contributed by atoms with Gasteiger partial charge >= 0.3 is 12.0 Å². The van der Waals surface area contributed by atoms with E-state index < -0.39 is 31.7 Å². The smallest absolute Gasteiger partial charge is 0.338 e. The van der Waals surface area contributed by atoms with Gasteiger partial charge in [0, 0.05) is 54.3 Å². The molecule has 2 unspecified atom stereocenters. The molecule has 74 heavy (non-hydrogen) atoms. The highest BCUT2D eigenvalue weighted by molar-refractivity contribution is 8.00. The number of ether oxygens (including phenoxy) is 5. The Hall–Kier alpha value is -5.63. The number of esters is 1. The lowest BCUT2D eigenvalue weighted by molar-refractivity contribution is -0.131. The molecule has 404 valence electrons. The van der Waals surface area contributed by atoms with Crippen molar-refractivity contribution in [3.63, 3.8) is 0 Å². The number of primary amides is 1. The molecule has 3 aromatic carbocycles. The highest BCUT2D eigenvalue weighted by atomic mass is 32.2. The van der Waals surface area contributed by atoms with Crippen molar-refractivity contribution in [3.8, 4) is 0 Å². The zero-order chi connectivity index (χ0) is 52.8. The van der Waals surface area contributed by atoms with Gasteiger partial charge in [-0.05, 0) is 81.7 Å². The van der Waals surface area contributed by atoms with E-state index in [4.69, 9.17) is 29.4 Å². The van der Waals surface area contributed by atoms with E-state index in [2.05, 4.69) is 31.9 Å². The van der Waals surface area contributed by atoms with Crippen molar-refractivity contribution in [2.45, 2.75) is 94.0 Å². The molecule has 8 N–H and O–H groups in total. The van der Waals surface area contributed by atoms with Gasteiger partial charge in [0.15, 0.2) is 0 Å². The van der Waals surface area contributed by atoms with E-state index in [0.29, 0.717) is 114 Å². The minimum absolute atomic E-state index is 0.0197. The summed E-state index contributed by atoms with van der Waals surface area (Å²) in [6, 6.07) is 24.4. The third kappa shape index (κ3) is 21.3. The summed E-state index contributed by atoms with van der Waals surface area (Å²) >= 11 is 1.87. The molecule has 5 rings (SSSR count). The molecule has 2 aliphatic rings. The fourth-order valence-corrected chi connectivity index (χ4v) is 12.4. The van der Waals surface area contributed by atoms with Crippen LogP contribution in [0.25, 0.3) is 0 Å². The Balaban J connectivity index is 0.796. The van der Waals surface area contributed by atoms with Crippen molar-refractivity contribution >= 4 is 77.1 Å². The average Bonchev–Trinajstić information content (AvgIpc) is 3.97. The molecule has 2 heterocycles. The highest BCUT2D eigenvalue weighted by Gasteiger charge is 2.42. The molecule has 0 bridgehead atoms. The van der Waals surface area contributed by atoms with Crippen LogP contribution in [0.5, 0.6) is 0 Å². The molecule has 3 aromatic rings. The van der Waals surface area contributed by atoms with E-state index in [1.165, 1.54) is 7.11 Å². The van der Waals surface area contributed by atoms with E-state index in [1.807, 2.05) is 72.4 Å². The number of rotatable bonds is 37. The summed E-state index contributed by atoms with van der Waals surface area (Å²) in [6.07, 6.45) is 7.14. The van der Waals surface area contributed by atoms with Crippen LogP contribution in [0, 0.1) is 0 Å².